The first kappa shape index (κ1) is 12.8. The molecule has 1 unspecified atom stereocenters. The van der Waals surface area contributed by atoms with Crippen LogP contribution in [0.1, 0.15) is 52.5 Å². The van der Waals surface area contributed by atoms with Gasteiger partial charge in [-0.15, -0.1) is 11.3 Å². The van der Waals surface area contributed by atoms with Crippen LogP contribution in [0, 0.1) is 0 Å². The highest BCUT2D eigenvalue weighted by molar-refractivity contribution is 7.11. The molecule has 1 heterocycles. The van der Waals surface area contributed by atoms with Gasteiger partial charge in [-0.1, -0.05) is 31.2 Å². The van der Waals surface area contributed by atoms with Crippen LogP contribution in [-0.4, -0.2) is 4.98 Å². The number of nitrogens with zero attached hydrogens (tertiary/aromatic N) is 1. The minimum Gasteiger partial charge on any atom is -0.318 e. The Labute approximate surface area is 118 Å². The van der Waals surface area contributed by atoms with Gasteiger partial charge < -0.3 is 5.73 Å². The van der Waals surface area contributed by atoms with Crippen LogP contribution in [0.3, 0.4) is 0 Å². The average molecular weight is 272 g/mol. The summed E-state index contributed by atoms with van der Waals surface area (Å²) in [5.74, 6) is 0. The summed E-state index contributed by atoms with van der Waals surface area (Å²) in [6.07, 6.45) is 5.97. The summed E-state index contributed by atoms with van der Waals surface area (Å²) in [5, 5.41) is 1.08. The highest BCUT2D eigenvalue weighted by Crippen LogP contribution is 2.31. The van der Waals surface area contributed by atoms with Crippen molar-refractivity contribution in [1.82, 2.24) is 4.98 Å². The first-order valence-electron chi connectivity index (χ1n) is 7.11. The van der Waals surface area contributed by atoms with Gasteiger partial charge in [0, 0.05) is 4.88 Å². The third-order valence-electron chi connectivity index (χ3n) is 3.88. The van der Waals surface area contributed by atoms with E-state index in [0.29, 0.717) is 0 Å². The predicted molar refractivity (Wildman–Crippen MR) is 80.6 cm³/mol. The van der Waals surface area contributed by atoms with Crippen LogP contribution in [0.25, 0.3) is 0 Å². The minimum atomic E-state index is -0.0680. The molecule has 1 aliphatic rings. The summed E-state index contributed by atoms with van der Waals surface area (Å²) in [7, 11) is 0. The molecule has 2 nitrogen and oxygen atoms in total. The first-order valence-corrected chi connectivity index (χ1v) is 7.92. The quantitative estimate of drug-likeness (QED) is 0.926. The van der Waals surface area contributed by atoms with Gasteiger partial charge in [-0.25, -0.2) is 4.98 Å². The molecule has 0 fully saturated rings. The molecule has 1 aliphatic carbocycles. The predicted octanol–water partition coefficient (Wildman–Crippen LogP) is 3.63. The van der Waals surface area contributed by atoms with Gasteiger partial charge in [-0.2, -0.15) is 0 Å². The zero-order valence-electron chi connectivity index (χ0n) is 11.4. The number of hydrogen-bond acceptors (Lipinski definition) is 3. The maximum atomic E-state index is 6.37. The number of rotatable bonds is 3. The number of hydrogen-bond donors (Lipinski definition) is 1. The molecule has 3 rings (SSSR count). The Morgan fingerprint density at radius 1 is 1.21 bits per heavy atom. The van der Waals surface area contributed by atoms with Crippen LogP contribution < -0.4 is 5.73 Å². The maximum absolute atomic E-state index is 6.37. The second-order valence-corrected chi connectivity index (χ2v) is 6.32. The fourth-order valence-corrected chi connectivity index (χ4v) is 3.79. The van der Waals surface area contributed by atoms with Crippen LogP contribution in [-0.2, 0) is 19.3 Å². The Hall–Kier alpha value is -1.19. The van der Waals surface area contributed by atoms with Crippen molar-refractivity contribution in [3.63, 3.8) is 0 Å². The van der Waals surface area contributed by atoms with Crippen LogP contribution in [0.15, 0.2) is 24.3 Å². The standard InChI is InChI=1S/C16H20N2S/c1-2-11-7-9-12(10-8-11)15(17)16-18-13-5-3-4-6-14(13)19-16/h7-10,15H,2-6,17H2,1H3. The van der Waals surface area contributed by atoms with Crippen LogP contribution >= 0.6 is 11.3 Å². The summed E-state index contributed by atoms with van der Waals surface area (Å²) >= 11 is 1.81. The highest BCUT2D eigenvalue weighted by Gasteiger charge is 2.19. The number of aromatic nitrogens is 1. The molecular formula is C16H20N2S. The van der Waals surface area contributed by atoms with Crippen molar-refractivity contribution >= 4 is 11.3 Å². The van der Waals surface area contributed by atoms with Gasteiger partial charge in [0.1, 0.15) is 5.01 Å². The van der Waals surface area contributed by atoms with E-state index in [-0.39, 0.29) is 6.04 Å². The maximum Gasteiger partial charge on any atom is 0.114 e. The molecule has 0 spiro atoms. The highest BCUT2D eigenvalue weighted by atomic mass is 32.1. The Bertz CT molecular complexity index is 533. The monoisotopic (exact) mass is 272 g/mol. The average Bonchev–Trinajstić information content (AvgIpc) is 2.90. The molecule has 0 radical (unpaired) electrons. The molecule has 2 N–H and O–H groups in total. The van der Waals surface area contributed by atoms with Gasteiger partial charge in [-0.05, 0) is 43.2 Å². The number of fused-ring (bicyclic) bond motifs is 1. The lowest BCUT2D eigenvalue weighted by atomic mass is 10.0. The second kappa shape index (κ2) is 5.43. The van der Waals surface area contributed by atoms with Crippen molar-refractivity contribution < 1.29 is 0 Å². The summed E-state index contributed by atoms with van der Waals surface area (Å²) in [6.45, 7) is 2.17. The van der Waals surface area contributed by atoms with E-state index in [2.05, 4.69) is 31.2 Å². The van der Waals surface area contributed by atoms with E-state index in [1.165, 1.54) is 41.0 Å². The zero-order valence-corrected chi connectivity index (χ0v) is 12.2. The SMILES string of the molecule is CCc1ccc(C(N)c2nc3c(s2)CCCC3)cc1. The fraction of sp³-hybridized carbons (Fsp3) is 0.438. The van der Waals surface area contributed by atoms with Gasteiger partial charge in [0.15, 0.2) is 0 Å². The summed E-state index contributed by atoms with van der Waals surface area (Å²) in [5.41, 5.74) is 10.2. The van der Waals surface area contributed by atoms with Crippen LogP contribution in [0.5, 0.6) is 0 Å². The molecule has 2 aromatic rings. The molecule has 0 saturated carbocycles. The fourth-order valence-electron chi connectivity index (χ4n) is 2.61. The summed E-state index contributed by atoms with van der Waals surface area (Å²) in [6, 6.07) is 8.56. The number of nitrogens with two attached hydrogens (primary N) is 1. The van der Waals surface area contributed by atoms with E-state index >= 15 is 0 Å². The largest absolute Gasteiger partial charge is 0.318 e. The van der Waals surface area contributed by atoms with E-state index in [1.54, 1.807) is 0 Å². The van der Waals surface area contributed by atoms with Gasteiger partial charge in [0.05, 0.1) is 11.7 Å². The van der Waals surface area contributed by atoms with E-state index in [0.717, 1.165) is 17.8 Å². The lowest BCUT2D eigenvalue weighted by Gasteiger charge is -2.09. The van der Waals surface area contributed by atoms with Crippen molar-refractivity contribution in [2.75, 3.05) is 0 Å². The molecule has 19 heavy (non-hydrogen) atoms. The van der Waals surface area contributed by atoms with Gasteiger partial charge >= 0.3 is 0 Å². The van der Waals surface area contributed by atoms with E-state index in [1.807, 2.05) is 11.3 Å². The Morgan fingerprint density at radius 3 is 2.63 bits per heavy atom. The molecule has 1 atom stereocenters. The second-order valence-electron chi connectivity index (χ2n) is 5.20. The molecular weight excluding hydrogens is 252 g/mol. The molecule has 1 aromatic carbocycles. The molecule has 1 aromatic heterocycles. The molecule has 3 heteroatoms. The Morgan fingerprint density at radius 2 is 1.95 bits per heavy atom. The van der Waals surface area contributed by atoms with Crippen LogP contribution in [0.2, 0.25) is 0 Å². The number of aryl methyl sites for hydroxylation is 3. The van der Waals surface area contributed by atoms with Crippen molar-refractivity contribution in [1.29, 1.82) is 0 Å². The number of benzene rings is 1. The van der Waals surface area contributed by atoms with Gasteiger partial charge in [0.2, 0.25) is 0 Å². The van der Waals surface area contributed by atoms with Gasteiger partial charge in [-0.3, -0.25) is 0 Å². The van der Waals surface area contributed by atoms with Crippen LogP contribution in [0.4, 0.5) is 0 Å². The molecule has 0 amide bonds. The smallest absolute Gasteiger partial charge is 0.114 e. The number of thiazole rings is 1. The van der Waals surface area contributed by atoms with Gasteiger partial charge in [0.25, 0.3) is 0 Å². The van der Waals surface area contributed by atoms with Crippen molar-refractivity contribution in [3.05, 3.63) is 51.0 Å². The minimum absolute atomic E-state index is 0.0680. The van der Waals surface area contributed by atoms with E-state index < -0.39 is 0 Å². The first-order chi connectivity index (χ1) is 9.28. The molecule has 100 valence electrons. The lowest BCUT2D eigenvalue weighted by molar-refractivity contribution is 0.678. The van der Waals surface area contributed by atoms with Crippen molar-refractivity contribution in [3.8, 4) is 0 Å². The topological polar surface area (TPSA) is 38.9 Å². The van der Waals surface area contributed by atoms with E-state index in [4.69, 9.17) is 10.7 Å². The van der Waals surface area contributed by atoms with E-state index in [9.17, 15) is 0 Å². The summed E-state index contributed by atoms with van der Waals surface area (Å²) < 4.78 is 0. The van der Waals surface area contributed by atoms with Crippen molar-refractivity contribution in [2.45, 2.75) is 45.1 Å². The third-order valence-corrected chi connectivity index (χ3v) is 5.12. The zero-order chi connectivity index (χ0) is 13.2. The van der Waals surface area contributed by atoms with Crippen molar-refractivity contribution in [2.24, 2.45) is 5.73 Å². The molecule has 0 bridgehead atoms. The Balaban J connectivity index is 1.85. The lowest BCUT2D eigenvalue weighted by Crippen LogP contribution is -2.11. The third kappa shape index (κ3) is 2.58. The normalized spacial score (nSPS) is 16.1. The Kier molecular flexibility index (Phi) is 3.67. The molecule has 0 saturated heterocycles. The summed E-state index contributed by atoms with van der Waals surface area (Å²) in [4.78, 5) is 6.22. The molecule has 0 aliphatic heterocycles.